The first-order valence-corrected chi connectivity index (χ1v) is 4.06. The predicted octanol–water partition coefficient (Wildman–Crippen LogP) is -1.02. The molecule has 1 heterocycles. The van der Waals surface area contributed by atoms with Gasteiger partial charge < -0.3 is 20.6 Å². The van der Waals surface area contributed by atoms with Crippen molar-refractivity contribution in [3.05, 3.63) is 0 Å². The van der Waals surface area contributed by atoms with Crippen LogP contribution in [-0.2, 0) is 9.53 Å². The number of amidine groups is 1. The van der Waals surface area contributed by atoms with E-state index in [-0.39, 0.29) is 18.3 Å². The van der Waals surface area contributed by atoms with Crippen LogP contribution in [0.1, 0.15) is 6.42 Å². The van der Waals surface area contributed by atoms with Crippen molar-refractivity contribution in [2.75, 3.05) is 26.3 Å². The summed E-state index contributed by atoms with van der Waals surface area (Å²) in [6, 6.07) is 0. The maximum absolute atomic E-state index is 11.2. The van der Waals surface area contributed by atoms with Gasteiger partial charge in [0.25, 0.3) is 0 Å². The number of nitrogens with zero attached hydrogens (tertiary/aromatic N) is 2. The Kier molecular flexibility index (Phi) is 3.51. The molecule has 1 saturated heterocycles. The van der Waals surface area contributed by atoms with Gasteiger partial charge in [0.15, 0.2) is 0 Å². The molecule has 0 aromatic rings. The van der Waals surface area contributed by atoms with Crippen LogP contribution < -0.4 is 5.73 Å². The van der Waals surface area contributed by atoms with Crippen molar-refractivity contribution in [2.24, 2.45) is 10.9 Å². The fourth-order valence-corrected chi connectivity index (χ4v) is 1.09. The Morgan fingerprint density at radius 2 is 2.54 bits per heavy atom. The molecule has 6 heteroatoms. The van der Waals surface area contributed by atoms with Crippen LogP contribution in [-0.4, -0.2) is 48.2 Å². The van der Waals surface area contributed by atoms with Gasteiger partial charge >= 0.3 is 0 Å². The van der Waals surface area contributed by atoms with E-state index in [0.717, 1.165) is 0 Å². The van der Waals surface area contributed by atoms with Gasteiger partial charge in [-0.05, 0) is 0 Å². The Balaban J connectivity index is 2.31. The minimum Gasteiger partial charge on any atom is -0.409 e. The lowest BCUT2D eigenvalue weighted by Gasteiger charge is -2.26. The normalized spacial score (nSPS) is 19.2. The Labute approximate surface area is 75.9 Å². The van der Waals surface area contributed by atoms with Crippen molar-refractivity contribution >= 4 is 11.7 Å². The van der Waals surface area contributed by atoms with E-state index in [4.69, 9.17) is 15.7 Å². The van der Waals surface area contributed by atoms with E-state index in [9.17, 15) is 4.79 Å². The third kappa shape index (κ3) is 2.90. The van der Waals surface area contributed by atoms with Gasteiger partial charge in [-0.2, -0.15) is 0 Å². The topological polar surface area (TPSA) is 88.1 Å². The maximum atomic E-state index is 11.2. The highest BCUT2D eigenvalue weighted by molar-refractivity contribution is 5.81. The van der Waals surface area contributed by atoms with Crippen LogP contribution in [0.4, 0.5) is 0 Å². The molecule has 1 rings (SSSR count). The standard InChI is InChI=1S/C7H13N3O3/c8-6(9-12)1-2-10-3-4-13-5-7(10)11/h12H,1-5H2,(H2,8,9). The van der Waals surface area contributed by atoms with E-state index in [2.05, 4.69) is 5.16 Å². The fourth-order valence-electron chi connectivity index (χ4n) is 1.09. The molecule has 0 aliphatic carbocycles. The summed E-state index contributed by atoms with van der Waals surface area (Å²) in [5, 5.41) is 11.1. The van der Waals surface area contributed by atoms with E-state index in [1.165, 1.54) is 0 Å². The second-order valence-corrected chi connectivity index (χ2v) is 2.77. The molecule has 6 nitrogen and oxygen atoms in total. The maximum Gasteiger partial charge on any atom is 0.248 e. The third-order valence-corrected chi connectivity index (χ3v) is 1.85. The smallest absolute Gasteiger partial charge is 0.248 e. The lowest BCUT2D eigenvalue weighted by molar-refractivity contribution is -0.142. The molecule has 1 aliphatic rings. The van der Waals surface area contributed by atoms with Gasteiger partial charge in [0.05, 0.1) is 6.61 Å². The average Bonchev–Trinajstić information content (AvgIpc) is 2.16. The molecule has 1 amide bonds. The zero-order valence-corrected chi connectivity index (χ0v) is 7.27. The summed E-state index contributed by atoms with van der Waals surface area (Å²) in [6.45, 7) is 1.76. The molecule has 0 aromatic heterocycles. The molecule has 0 radical (unpaired) electrons. The Morgan fingerprint density at radius 1 is 1.77 bits per heavy atom. The summed E-state index contributed by atoms with van der Waals surface area (Å²) in [5.74, 6) is 0.0938. The molecule has 0 aromatic carbocycles. The average molecular weight is 187 g/mol. The first-order chi connectivity index (χ1) is 6.24. The van der Waals surface area contributed by atoms with Crippen LogP contribution in [0.5, 0.6) is 0 Å². The largest absolute Gasteiger partial charge is 0.409 e. The second-order valence-electron chi connectivity index (χ2n) is 2.77. The Morgan fingerprint density at radius 3 is 3.15 bits per heavy atom. The summed E-state index contributed by atoms with van der Waals surface area (Å²) in [4.78, 5) is 12.8. The highest BCUT2D eigenvalue weighted by Crippen LogP contribution is 1.99. The molecule has 13 heavy (non-hydrogen) atoms. The molecule has 0 unspecified atom stereocenters. The fraction of sp³-hybridized carbons (Fsp3) is 0.714. The van der Waals surface area contributed by atoms with Gasteiger partial charge in [0.2, 0.25) is 5.91 Å². The molecule has 1 fully saturated rings. The molecule has 0 spiro atoms. The van der Waals surface area contributed by atoms with Crippen LogP contribution in [0.2, 0.25) is 0 Å². The zero-order chi connectivity index (χ0) is 9.68. The van der Waals surface area contributed by atoms with Crippen LogP contribution in [0, 0.1) is 0 Å². The van der Waals surface area contributed by atoms with E-state index in [1.807, 2.05) is 0 Å². The van der Waals surface area contributed by atoms with Crippen molar-refractivity contribution < 1.29 is 14.7 Å². The predicted molar refractivity (Wildman–Crippen MR) is 45.4 cm³/mol. The van der Waals surface area contributed by atoms with Gasteiger partial charge in [-0.15, -0.1) is 0 Å². The van der Waals surface area contributed by atoms with Gasteiger partial charge in [-0.25, -0.2) is 0 Å². The van der Waals surface area contributed by atoms with Gasteiger partial charge in [-0.3, -0.25) is 4.79 Å². The number of hydrogen-bond acceptors (Lipinski definition) is 4. The molecule has 0 saturated carbocycles. The van der Waals surface area contributed by atoms with Crippen molar-refractivity contribution in [1.82, 2.24) is 4.90 Å². The highest BCUT2D eigenvalue weighted by Gasteiger charge is 2.17. The van der Waals surface area contributed by atoms with Crippen LogP contribution in [0.15, 0.2) is 5.16 Å². The Bertz CT molecular complexity index is 217. The minimum absolute atomic E-state index is 0.0445. The van der Waals surface area contributed by atoms with E-state index < -0.39 is 0 Å². The molecular formula is C7H13N3O3. The lowest BCUT2D eigenvalue weighted by atomic mass is 10.3. The summed E-state index contributed by atoms with van der Waals surface area (Å²) in [5.41, 5.74) is 5.27. The van der Waals surface area contributed by atoms with Crippen molar-refractivity contribution in [3.8, 4) is 0 Å². The zero-order valence-electron chi connectivity index (χ0n) is 7.27. The van der Waals surface area contributed by atoms with Crippen LogP contribution in [0.3, 0.4) is 0 Å². The number of nitrogens with two attached hydrogens (primary N) is 1. The van der Waals surface area contributed by atoms with Gasteiger partial charge in [0, 0.05) is 19.5 Å². The third-order valence-electron chi connectivity index (χ3n) is 1.85. The summed E-state index contributed by atoms with van der Waals surface area (Å²) >= 11 is 0. The highest BCUT2D eigenvalue weighted by atomic mass is 16.5. The number of carbonyl (C=O) groups excluding carboxylic acids is 1. The van der Waals surface area contributed by atoms with Gasteiger partial charge in [-0.1, -0.05) is 5.16 Å². The monoisotopic (exact) mass is 187 g/mol. The van der Waals surface area contributed by atoms with Crippen LogP contribution in [0.25, 0.3) is 0 Å². The van der Waals surface area contributed by atoms with Gasteiger partial charge in [0.1, 0.15) is 12.4 Å². The van der Waals surface area contributed by atoms with Crippen LogP contribution >= 0.6 is 0 Å². The number of amides is 1. The summed E-state index contributed by atoms with van der Waals surface area (Å²) in [6.07, 6.45) is 0.391. The molecule has 0 atom stereocenters. The second kappa shape index (κ2) is 4.66. The SMILES string of the molecule is N/C(CCN1CCOCC1=O)=N/O. The van der Waals surface area contributed by atoms with E-state index in [1.54, 1.807) is 4.90 Å². The van der Waals surface area contributed by atoms with E-state index >= 15 is 0 Å². The molecule has 74 valence electrons. The number of morpholine rings is 1. The number of carbonyl (C=O) groups is 1. The number of rotatable bonds is 3. The molecule has 1 aliphatic heterocycles. The quantitative estimate of drug-likeness (QED) is 0.256. The number of ether oxygens (including phenoxy) is 1. The van der Waals surface area contributed by atoms with E-state index in [0.29, 0.717) is 26.1 Å². The van der Waals surface area contributed by atoms with Crippen molar-refractivity contribution in [2.45, 2.75) is 6.42 Å². The summed E-state index contributed by atoms with van der Waals surface area (Å²) < 4.78 is 4.94. The van der Waals surface area contributed by atoms with Crippen molar-refractivity contribution in [1.29, 1.82) is 0 Å². The summed E-state index contributed by atoms with van der Waals surface area (Å²) in [7, 11) is 0. The Hall–Kier alpha value is -1.30. The van der Waals surface area contributed by atoms with Crippen molar-refractivity contribution in [3.63, 3.8) is 0 Å². The molecular weight excluding hydrogens is 174 g/mol. The first-order valence-electron chi connectivity index (χ1n) is 4.06. The number of hydrogen-bond donors (Lipinski definition) is 2. The number of oxime groups is 1. The lowest BCUT2D eigenvalue weighted by Crippen LogP contribution is -2.42. The molecule has 3 N–H and O–H groups in total. The molecule has 0 bridgehead atoms. The first kappa shape index (κ1) is 9.79. The minimum atomic E-state index is -0.0445.